The largest absolute Gasteiger partial charge is 0.405 e. The van der Waals surface area contributed by atoms with Crippen molar-refractivity contribution in [2.45, 2.75) is 6.17 Å². The maximum Gasteiger partial charge on any atom is 0.291 e. The minimum absolute atomic E-state index is 0.161. The lowest BCUT2D eigenvalue weighted by Gasteiger charge is -2.09. The van der Waals surface area contributed by atoms with Gasteiger partial charge >= 0.3 is 0 Å². The first-order valence-electron chi connectivity index (χ1n) is 9.55. The summed E-state index contributed by atoms with van der Waals surface area (Å²) in [7, 11) is 0. The van der Waals surface area contributed by atoms with E-state index in [1.165, 1.54) is 18.3 Å². The molecule has 2 aromatic carbocycles. The van der Waals surface area contributed by atoms with Crippen LogP contribution in [0, 0.1) is 16.7 Å². The summed E-state index contributed by atoms with van der Waals surface area (Å²) in [6, 6.07) is 21.2. The molecule has 4 rings (SSSR count). The van der Waals surface area contributed by atoms with Gasteiger partial charge in [0.1, 0.15) is 11.8 Å². The van der Waals surface area contributed by atoms with E-state index in [4.69, 9.17) is 21.1 Å². The Morgan fingerprint density at radius 1 is 1.12 bits per heavy atom. The lowest BCUT2D eigenvalue weighted by atomic mass is 10.0. The second kappa shape index (κ2) is 8.89. The quantitative estimate of drug-likeness (QED) is 0.437. The number of fused-ring (bicyclic) bond motifs is 1. The number of carbonyl (C=O) groups excluding carboxylic acids is 1. The van der Waals surface area contributed by atoms with Gasteiger partial charge < -0.3 is 15.8 Å². The molecule has 4 N–H and O–H groups in total. The number of pyridine rings is 1. The highest BCUT2D eigenvalue weighted by Crippen LogP contribution is 2.24. The fourth-order valence-corrected chi connectivity index (χ4v) is 3.06. The first-order chi connectivity index (χ1) is 15.5. The van der Waals surface area contributed by atoms with E-state index >= 15 is 0 Å². The van der Waals surface area contributed by atoms with Crippen LogP contribution in [0.15, 0.2) is 82.9 Å². The van der Waals surface area contributed by atoms with Gasteiger partial charge in [0.2, 0.25) is 12.1 Å². The normalized spacial score (nSPS) is 15.5. The van der Waals surface area contributed by atoms with Crippen molar-refractivity contribution in [1.29, 1.82) is 10.7 Å². The van der Waals surface area contributed by atoms with Crippen LogP contribution in [0.4, 0.5) is 5.69 Å². The Morgan fingerprint density at radius 3 is 2.59 bits per heavy atom. The summed E-state index contributed by atoms with van der Waals surface area (Å²) in [6.45, 7) is 0. The molecule has 1 unspecified atom stereocenters. The van der Waals surface area contributed by atoms with Gasteiger partial charge in [-0.15, -0.1) is 0 Å². The molecule has 0 spiro atoms. The molecule has 0 radical (unpaired) electrons. The average molecular weight is 423 g/mol. The molecule has 156 valence electrons. The Morgan fingerprint density at radius 2 is 1.88 bits per heavy atom. The number of benzene rings is 2. The number of amidine groups is 1. The molecular formula is C23H17N7O2. The topological polar surface area (TPSA) is 150 Å². The number of anilines is 1. The number of aliphatic imine (C=N–C) groups is 2. The number of nitrogens with two attached hydrogens (primary N) is 1. The van der Waals surface area contributed by atoms with Gasteiger partial charge in [0.15, 0.2) is 0 Å². The highest BCUT2D eigenvalue weighted by atomic mass is 16.5. The molecule has 0 saturated heterocycles. The number of hydrogen-bond donors (Lipinski definition) is 3. The molecule has 32 heavy (non-hydrogen) atoms. The van der Waals surface area contributed by atoms with Crippen molar-refractivity contribution in [3.8, 4) is 6.07 Å². The number of nitrogens with one attached hydrogen (secondary N) is 2. The van der Waals surface area contributed by atoms with Crippen molar-refractivity contribution in [3.05, 3.63) is 95.3 Å². The molecule has 9 heteroatoms. The van der Waals surface area contributed by atoms with Crippen molar-refractivity contribution in [2.24, 2.45) is 15.7 Å². The van der Waals surface area contributed by atoms with Gasteiger partial charge in [-0.3, -0.25) is 10.2 Å². The SMILES string of the molecule is N#Cc1ccc(C(=N)O/C(N)=N/C2N=C(c3ccccc3)c3ccccc3NC2=O)nc1. The zero-order chi connectivity index (χ0) is 22.5. The minimum Gasteiger partial charge on any atom is -0.405 e. The maximum absolute atomic E-state index is 12.8. The van der Waals surface area contributed by atoms with Crippen LogP contribution in [-0.4, -0.2) is 34.7 Å². The number of amides is 1. The van der Waals surface area contributed by atoms with E-state index in [1.807, 2.05) is 54.6 Å². The number of aromatic nitrogens is 1. The predicted octanol–water partition coefficient (Wildman–Crippen LogP) is 2.43. The molecule has 1 atom stereocenters. The maximum atomic E-state index is 12.8. The zero-order valence-electron chi connectivity index (χ0n) is 16.7. The molecule has 9 nitrogen and oxygen atoms in total. The van der Waals surface area contributed by atoms with Crippen molar-refractivity contribution < 1.29 is 9.53 Å². The van der Waals surface area contributed by atoms with Crippen molar-refractivity contribution in [1.82, 2.24) is 4.98 Å². The number of carbonyl (C=O) groups is 1. The van der Waals surface area contributed by atoms with E-state index in [0.29, 0.717) is 17.0 Å². The fraction of sp³-hybridized carbons (Fsp3) is 0.0435. The van der Waals surface area contributed by atoms with Crippen molar-refractivity contribution in [3.63, 3.8) is 0 Å². The molecule has 1 amide bonds. The number of ether oxygens (including phenoxy) is 1. The van der Waals surface area contributed by atoms with Crippen LogP contribution < -0.4 is 11.1 Å². The number of para-hydroxylation sites is 1. The molecule has 3 aromatic rings. The molecule has 0 fully saturated rings. The van der Waals surface area contributed by atoms with Gasteiger partial charge in [0, 0.05) is 17.3 Å². The summed E-state index contributed by atoms with van der Waals surface area (Å²) in [5, 5.41) is 19.7. The molecule has 2 heterocycles. The number of rotatable bonds is 3. The fourth-order valence-electron chi connectivity index (χ4n) is 3.06. The van der Waals surface area contributed by atoms with Gasteiger partial charge in [-0.2, -0.15) is 10.3 Å². The number of benzodiazepines with no additional fused rings is 1. The van der Waals surface area contributed by atoms with E-state index < -0.39 is 18.1 Å². The molecule has 0 saturated carbocycles. The van der Waals surface area contributed by atoms with Crippen LogP contribution in [0.5, 0.6) is 0 Å². The minimum atomic E-state index is -1.22. The van der Waals surface area contributed by atoms with Gasteiger partial charge in [-0.25, -0.2) is 9.98 Å². The van der Waals surface area contributed by atoms with E-state index in [9.17, 15) is 4.79 Å². The van der Waals surface area contributed by atoms with Crippen LogP contribution in [0.1, 0.15) is 22.4 Å². The van der Waals surface area contributed by atoms with Gasteiger partial charge in [0.05, 0.1) is 17.0 Å². The summed E-state index contributed by atoms with van der Waals surface area (Å²) in [6.07, 6.45) is 0.0896. The van der Waals surface area contributed by atoms with Gasteiger partial charge in [0.25, 0.3) is 11.9 Å². The third kappa shape index (κ3) is 4.34. The second-order valence-corrected chi connectivity index (χ2v) is 6.69. The Bertz CT molecular complexity index is 1280. The first kappa shape index (κ1) is 20.4. The standard InChI is InChI=1S/C23H17N7O2/c24-12-14-10-11-18(27-13-14)20(25)32-23(26)30-21-22(31)28-17-9-5-4-8-16(17)19(29-21)15-6-2-1-3-7-15/h1-11,13,21,25H,(H2,26,30)(H,28,31). The summed E-state index contributed by atoms with van der Waals surface area (Å²) in [5.74, 6) is -0.863. The number of nitrogens with zero attached hydrogens (tertiary/aromatic N) is 4. The van der Waals surface area contributed by atoms with Gasteiger partial charge in [-0.1, -0.05) is 48.5 Å². The summed E-state index contributed by atoms with van der Waals surface area (Å²) in [5.41, 5.74) is 9.10. The number of nitriles is 1. The third-order valence-corrected chi connectivity index (χ3v) is 4.55. The van der Waals surface area contributed by atoms with E-state index in [0.717, 1.165) is 11.1 Å². The Labute approximate surface area is 183 Å². The van der Waals surface area contributed by atoms with Crippen LogP contribution in [0.3, 0.4) is 0 Å². The van der Waals surface area contributed by atoms with Crippen LogP contribution >= 0.6 is 0 Å². The lowest BCUT2D eigenvalue weighted by Crippen LogP contribution is -2.29. The smallest absolute Gasteiger partial charge is 0.291 e. The van der Waals surface area contributed by atoms with Crippen LogP contribution in [-0.2, 0) is 9.53 Å². The van der Waals surface area contributed by atoms with Crippen molar-refractivity contribution >= 4 is 29.2 Å². The monoisotopic (exact) mass is 423 g/mol. The molecule has 1 aromatic heterocycles. The molecule has 0 aliphatic carbocycles. The predicted molar refractivity (Wildman–Crippen MR) is 119 cm³/mol. The lowest BCUT2D eigenvalue weighted by molar-refractivity contribution is -0.117. The Balaban J connectivity index is 1.64. The second-order valence-electron chi connectivity index (χ2n) is 6.69. The Hall–Kier alpha value is -4.84. The molecular weight excluding hydrogens is 406 g/mol. The summed E-state index contributed by atoms with van der Waals surface area (Å²) >= 11 is 0. The molecule has 1 aliphatic rings. The van der Waals surface area contributed by atoms with E-state index in [1.54, 1.807) is 6.07 Å². The summed E-state index contributed by atoms with van der Waals surface area (Å²) in [4.78, 5) is 25.4. The highest BCUT2D eigenvalue weighted by molar-refractivity contribution is 6.19. The van der Waals surface area contributed by atoms with Crippen molar-refractivity contribution in [2.75, 3.05) is 5.32 Å². The average Bonchev–Trinajstić information content (AvgIpc) is 2.96. The summed E-state index contributed by atoms with van der Waals surface area (Å²) < 4.78 is 5.24. The van der Waals surface area contributed by atoms with Gasteiger partial charge in [-0.05, 0) is 18.2 Å². The highest BCUT2D eigenvalue weighted by Gasteiger charge is 2.26. The number of hydrogen-bond acceptors (Lipinski definition) is 7. The zero-order valence-corrected chi connectivity index (χ0v) is 16.7. The molecule has 0 bridgehead atoms. The van der Waals surface area contributed by atoms with Crippen LogP contribution in [0.2, 0.25) is 0 Å². The first-order valence-corrected chi connectivity index (χ1v) is 9.55. The Kier molecular flexibility index (Phi) is 5.68. The third-order valence-electron chi connectivity index (χ3n) is 4.55. The van der Waals surface area contributed by atoms with Crippen LogP contribution in [0.25, 0.3) is 0 Å². The van der Waals surface area contributed by atoms with E-state index in [-0.39, 0.29) is 11.6 Å². The molecule has 1 aliphatic heterocycles. The van der Waals surface area contributed by atoms with E-state index in [2.05, 4.69) is 20.3 Å².